The van der Waals surface area contributed by atoms with Crippen LogP contribution in [0.15, 0.2) is 17.0 Å². The van der Waals surface area contributed by atoms with E-state index < -0.39 is 38.0 Å². The van der Waals surface area contributed by atoms with Crippen LogP contribution in [0.25, 0.3) is 0 Å². The molecule has 0 unspecified atom stereocenters. The second-order valence-electron chi connectivity index (χ2n) is 5.41. The first-order valence-corrected chi connectivity index (χ1v) is 8.84. The van der Waals surface area contributed by atoms with Gasteiger partial charge in [-0.3, -0.25) is 0 Å². The Morgan fingerprint density at radius 2 is 1.90 bits per heavy atom. The fraction of sp³-hybridized carbons (Fsp3) is 0.571. The lowest BCUT2D eigenvalue weighted by Gasteiger charge is -2.21. The molecule has 0 heterocycles. The number of alkyl halides is 1. The van der Waals surface area contributed by atoms with Crippen LogP contribution in [0.1, 0.15) is 31.2 Å². The number of nitrogens with zero attached hydrogens (tertiary/aromatic N) is 1. The quantitative estimate of drug-likeness (QED) is 0.771. The highest BCUT2D eigenvalue weighted by molar-refractivity contribution is 7.89. The van der Waals surface area contributed by atoms with Crippen molar-refractivity contribution in [2.24, 2.45) is 5.92 Å². The van der Waals surface area contributed by atoms with Gasteiger partial charge in [0.25, 0.3) is 0 Å². The van der Waals surface area contributed by atoms with Crippen molar-refractivity contribution in [2.75, 3.05) is 13.6 Å². The van der Waals surface area contributed by atoms with Gasteiger partial charge in [0.05, 0.1) is 5.88 Å². The highest BCUT2D eigenvalue weighted by atomic mass is 35.5. The summed E-state index contributed by atoms with van der Waals surface area (Å²) in [6, 6.07) is 1.90. The first-order chi connectivity index (χ1) is 9.87. The molecule has 1 aromatic carbocycles. The van der Waals surface area contributed by atoms with Crippen molar-refractivity contribution < 1.29 is 17.2 Å². The molecule has 1 aliphatic carbocycles. The van der Waals surface area contributed by atoms with Gasteiger partial charge >= 0.3 is 0 Å². The van der Waals surface area contributed by atoms with Crippen LogP contribution < -0.4 is 0 Å². The van der Waals surface area contributed by atoms with E-state index >= 15 is 0 Å². The van der Waals surface area contributed by atoms with Crippen molar-refractivity contribution in [1.29, 1.82) is 0 Å². The lowest BCUT2D eigenvalue weighted by atomic mass is 10.1. The predicted molar refractivity (Wildman–Crippen MR) is 77.7 cm³/mol. The fourth-order valence-corrected chi connectivity index (χ4v) is 4.30. The molecule has 0 bridgehead atoms. The standard InChI is InChI=1S/C14H18ClF2NO2S/c1-18(9-10-4-2-3-5-10)21(19,20)13-7-6-12(16)11(8-15)14(13)17/h6-7,10H,2-5,8-9H2,1H3. The number of halogens is 3. The Labute approximate surface area is 129 Å². The molecule has 0 N–H and O–H groups in total. The van der Waals surface area contributed by atoms with Crippen LogP contribution >= 0.6 is 11.6 Å². The average Bonchev–Trinajstić information content (AvgIpc) is 2.91. The summed E-state index contributed by atoms with van der Waals surface area (Å²) in [5.41, 5.74) is -0.410. The zero-order chi connectivity index (χ0) is 15.6. The third-order valence-corrected chi connectivity index (χ3v) is 6.07. The SMILES string of the molecule is CN(CC1CCCC1)S(=O)(=O)c1ccc(F)c(CCl)c1F. The van der Waals surface area contributed by atoms with Crippen molar-refractivity contribution in [2.45, 2.75) is 36.5 Å². The van der Waals surface area contributed by atoms with E-state index in [1.807, 2.05) is 0 Å². The van der Waals surface area contributed by atoms with Crippen LogP contribution in [-0.2, 0) is 15.9 Å². The lowest BCUT2D eigenvalue weighted by molar-refractivity contribution is 0.385. The third kappa shape index (κ3) is 3.38. The molecule has 0 aliphatic heterocycles. The van der Waals surface area contributed by atoms with E-state index in [9.17, 15) is 17.2 Å². The van der Waals surface area contributed by atoms with Gasteiger partial charge in [-0.25, -0.2) is 21.5 Å². The third-order valence-electron chi connectivity index (χ3n) is 3.96. The second kappa shape index (κ2) is 6.58. The monoisotopic (exact) mass is 337 g/mol. The van der Waals surface area contributed by atoms with Crippen LogP contribution in [0.3, 0.4) is 0 Å². The van der Waals surface area contributed by atoms with Crippen LogP contribution in [0, 0.1) is 17.6 Å². The average molecular weight is 338 g/mol. The number of sulfonamides is 1. The van der Waals surface area contributed by atoms with Gasteiger partial charge in [0.15, 0.2) is 5.82 Å². The molecule has 0 atom stereocenters. The molecule has 0 radical (unpaired) electrons. The maximum Gasteiger partial charge on any atom is 0.245 e. The predicted octanol–water partition coefficient (Wildman–Crippen LogP) is 3.51. The second-order valence-corrected chi connectivity index (χ2v) is 7.69. The van der Waals surface area contributed by atoms with Gasteiger partial charge in [0.2, 0.25) is 10.0 Å². The smallest absolute Gasteiger partial charge is 0.207 e. The van der Waals surface area contributed by atoms with Crippen LogP contribution in [0.4, 0.5) is 8.78 Å². The number of rotatable bonds is 5. The highest BCUT2D eigenvalue weighted by Gasteiger charge is 2.29. The summed E-state index contributed by atoms with van der Waals surface area (Å²) in [5, 5.41) is 0. The van der Waals surface area contributed by atoms with E-state index in [0.29, 0.717) is 12.5 Å². The largest absolute Gasteiger partial charge is 0.245 e. The normalized spacial score (nSPS) is 16.8. The van der Waals surface area contributed by atoms with E-state index in [2.05, 4.69) is 0 Å². The minimum atomic E-state index is -3.97. The fourth-order valence-electron chi connectivity index (χ4n) is 2.72. The maximum atomic E-state index is 14.2. The molecular formula is C14H18ClF2NO2S. The molecule has 7 heteroatoms. The molecule has 21 heavy (non-hydrogen) atoms. The zero-order valence-corrected chi connectivity index (χ0v) is 13.4. The zero-order valence-electron chi connectivity index (χ0n) is 11.8. The van der Waals surface area contributed by atoms with Crippen LogP contribution in [0.5, 0.6) is 0 Å². The van der Waals surface area contributed by atoms with E-state index in [0.717, 1.165) is 42.1 Å². The van der Waals surface area contributed by atoms with Crippen molar-refractivity contribution in [3.05, 3.63) is 29.3 Å². The summed E-state index contributed by atoms with van der Waals surface area (Å²) in [6.07, 6.45) is 4.16. The topological polar surface area (TPSA) is 37.4 Å². The first kappa shape index (κ1) is 16.6. The summed E-state index contributed by atoms with van der Waals surface area (Å²) in [5.74, 6) is -2.03. The molecule has 118 valence electrons. The van der Waals surface area contributed by atoms with E-state index in [1.54, 1.807) is 0 Å². The van der Waals surface area contributed by atoms with Gasteiger partial charge < -0.3 is 0 Å². The molecule has 1 fully saturated rings. The Balaban J connectivity index is 2.30. The molecule has 1 aromatic rings. The lowest BCUT2D eigenvalue weighted by Crippen LogP contribution is -2.32. The molecule has 0 saturated heterocycles. The van der Waals surface area contributed by atoms with Gasteiger partial charge in [0, 0.05) is 19.2 Å². The Morgan fingerprint density at radius 1 is 1.29 bits per heavy atom. The Bertz CT molecular complexity index is 616. The molecule has 0 spiro atoms. The van der Waals surface area contributed by atoms with Gasteiger partial charge in [-0.1, -0.05) is 12.8 Å². The van der Waals surface area contributed by atoms with Gasteiger partial charge in [-0.2, -0.15) is 0 Å². The van der Waals surface area contributed by atoms with Crippen molar-refractivity contribution in [1.82, 2.24) is 4.31 Å². The van der Waals surface area contributed by atoms with Gasteiger partial charge in [-0.15, -0.1) is 11.6 Å². The number of hydrogen-bond acceptors (Lipinski definition) is 2. The molecule has 3 nitrogen and oxygen atoms in total. The summed E-state index contributed by atoms with van der Waals surface area (Å²) >= 11 is 5.49. The maximum absolute atomic E-state index is 14.2. The van der Waals surface area contributed by atoms with Gasteiger partial charge in [-0.05, 0) is 30.9 Å². The summed E-state index contributed by atoms with van der Waals surface area (Å²) in [7, 11) is -2.55. The van der Waals surface area contributed by atoms with Crippen molar-refractivity contribution in [3.63, 3.8) is 0 Å². The molecule has 1 saturated carbocycles. The van der Waals surface area contributed by atoms with Crippen molar-refractivity contribution in [3.8, 4) is 0 Å². The van der Waals surface area contributed by atoms with E-state index in [4.69, 9.17) is 11.6 Å². The summed E-state index contributed by atoms with van der Waals surface area (Å²) in [6.45, 7) is 0.357. The number of hydrogen-bond donors (Lipinski definition) is 0. The van der Waals surface area contributed by atoms with E-state index in [-0.39, 0.29) is 0 Å². The molecule has 0 amide bonds. The summed E-state index contributed by atoms with van der Waals surface area (Å²) < 4.78 is 53.6. The Kier molecular flexibility index (Phi) is 5.22. The molecule has 2 rings (SSSR count). The Morgan fingerprint density at radius 3 is 2.48 bits per heavy atom. The molecule has 1 aliphatic rings. The number of benzene rings is 1. The minimum absolute atomic E-state index is 0.306. The van der Waals surface area contributed by atoms with Gasteiger partial charge in [0.1, 0.15) is 10.7 Å². The van der Waals surface area contributed by atoms with Crippen LogP contribution in [0.2, 0.25) is 0 Å². The van der Waals surface area contributed by atoms with E-state index in [1.165, 1.54) is 7.05 Å². The Hall–Kier alpha value is -0.720. The molecular weight excluding hydrogens is 320 g/mol. The van der Waals surface area contributed by atoms with Crippen molar-refractivity contribution >= 4 is 21.6 Å². The van der Waals surface area contributed by atoms with Crippen LogP contribution in [-0.4, -0.2) is 26.3 Å². The summed E-state index contributed by atoms with van der Waals surface area (Å²) in [4.78, 5) is -0.514. The molecule has 0 aromatic heterocycles. The highest BCUT2D eigenvalue weighted by Crippen LogP contribution is 2.29. The minimum Gasteiger partial charge on any atom is -0.207 e. The first-order valence-electron chi connectivity index (χ1n) is 6.87.